The van der Waals surface area contributed by atoms with Gasteiger partial charge in [0.25, 0.3) is 0 Å². The molecule has 0 spiro atoms. The summed E-state index contributed by atoms with van der Waals surface area (Å²) < 4.78 is 8.97. The number of hydrogen-bond acceptors (Lipinski definition) is 4. The van der Waals surface area contributed by atoms with Gasteiger partial charge in [-0.1, -0.05) is 0 Å². The van der Waals surface area contributed by atoms with Gasteiger partial charge in [0.1, 0.15) is 5.25 Å². The third kappa shape index (κ3) is 3.90. The summed E-state index contributed by atoms with van der Waals surface area (Å²) in [6.45, 7) is 0. The summed E-state index contributed by atoms with van der Waals surface area (Å²) in [5.74, 6) is -2.82. The molecule has 1 unspecified atom stereocenters. The highest BCUT2D eigenvalue weighted by Gasteiger charge is 2.27. The lowest BCUT2D eigenvalue weighted by Gasteiger charge is -2.10. The van der Waals surface area contributed by atoms with Crippen molar-refractivity contribution in [2.24, 2.45) is 0 Å². The molecule has 12 heavy (non-hydrogen) atoms. The van der Waals surface area contributed by atoms with Crippen LogP contribution in [0.1, 0.15) is 6.42 Å². The summed E-state index contributed by atoms with van der Waals surface area (Å²) in [5, 5.41) is 15.1. The molecule has 0 amide bonds. The zero-order chi connectivity index (χ0) is 9.94. The van der Waals surface area contributed by atoms with E-state index >= 15 is 0 Å². The van der Waals surface area contributed by atoms with E-state index in [0.717, 1.165) is 0 Å². The predicted molar refractivity (Wildman–Crippen MR) is 48.4 cm³/mol. The molecule has 3 N–H and O–H groups in total. The Morgan fingerprint density at radius 2 is 1.75 bits per heavy atom. The van der Waals surface area contributed by atoms with E-state index in [2.05, 4.69) is 22.4 Å². The molecule has 0 aliphatic heterocycles. The molecule has 0 saturated heterocycles. The molecule has 1 atom stereocenters. The molecule has 0 aromatic heterocycles. The standard InChI is InChI=1S/C4H6O5S3/c5-3(6)1-2(4(7)8)12(9,10)11/h2H,1H2,(H,5,6)(H,7,8)(H,9,10,11). The first-order valence-electron chi connectivity index (χ1n) is 2.66. The summed E-state index contributed by atoms with van der Waals surface area (Å²) in [7, 11) is -3.17. The van der Waals surface area contributed by atoms with Gasteiger partial charge in [-0.05, 0) is 22.4 Å². The first kappa shape index (κ1) is 11.7. The minimum absolute atomic E-state index is 0.742. The molecule has 0 bridgehead atoms. The first-order valence-corrected chi connectivity index (χ1v) is 6.16. The van der Waals surface area contributed by atoms with Gasteiger partial charge in [-0.3, -0.25) is 9.59 Å². The second-order valence-electron chi connectivity index (χ2n) is 1.94. The van der Waals surface area contributed by atoms with Crippen molar-refractivity contribution < 1.29 is 24.4 Å². The van der Waals surface area contributed by atoms with Crippen LogP contribution in [0.15, 0.2) is 0 Å². The van der Waals surface area contributed by atoms with Crippen molar-refractivity contribution in [1.29, 1.82) is 0 Å². The molecule has 0 heterocycles. The van der Waals surface area contributed by atoms with Crippen molar-refractivity contribution >= 4 is 41.7 Å². The van der Waals surface area contributed by atoms with Gasteiger partial charge in [0.15, 0.2) is 0 Å². The molecule has 0 fully saturated rings. The highest BCUT2D eigenvalue weighted by Crippen LogP contribution is 2.05. The molecular formula is C4H6O5S3. The minimum Gasteiger partial charge on any atom is -0.481 e. The Balaban J connectivity index is 4.70. The quantitative estimate of drug-likeness (QED) is 0.597. The molecule has 0 aromatic rings. The molecule has 0 saturated carbocycles. The summed E-state index contributed by atoms with van der Waals surface area (Å²) in [4.78, 5) is 20.5. The molecule has 0 aromatic carbocycles. The fourth-order valence-electron chi connectivity index (χ4n) is 0.479. The van der Waals surface area contributed by atoms with Crippen LogP contribution in [0.5, 0.6) is 0 Å². The second kappa shape index (κ2) is 4.08. The SMILES string of the molecule is O=C(O)CC(C(=O)O)S(O)(=S)=S. The number of rotatable bonds is 4. The Labute approximate surface area is 78.0 Å². The van der Waals surface area contributed by atoms with Crippen molar-refractivity contribution in [3.8, 4) is 0 Å². The van der Waals surface area contributed by atoms with E-state index in [1.54, 1.807) is 0 Å². The fraction of sp³-hybridized carbons (Fsp3) is 0.500. The summed E-state index contributed by atoms with van der Waals surface area (Å²) in [6, 6.07) is 0. The van der Waals surface area contributed by atoms with Gasteiger partial charge in [-0.15, -0.1) is 0 Å². The topological polar surface area (TPSA) is 94.8 Å². The van der Waals surface area contributed by atoms with Crippen LogP contribution in [0.25, 0.3) is 0 Å². The highest BCUT2D eigenvalue weighted by atomic mass is 33.1. The molecule has 0 aliphatic rings. The number of carboxylic acids is 2. The maximum atomic E-state index is 10.3. The Morgan fingerprint density at radius 1 is 1.33 bits per heavy atom. The second-order valence-corrected chi connectivity index (χ2v) is 7.22. The zero-order valence-electron chi connectivity index (χ0n) is 5.67. The van der Waals surface area contributed by atoms with E-state index in [1.165, 1.54) is 0 Å². The third-order valence-electron chi connectivity index (χ3n) is 0.995. The van der Waals surface area contributed by atoms with Crippen molar-refractivity contribution in [2.45, 2.75) is 11.7 Å². The lowest BCUT2D eigenvalue weighted by Crippen LogP contribution is -2.30. The molecule has 5 nitrogen and oxygen atoms in total. The lowest BCUT2D eigenvalue weighted by molar-refractivity contribution is -0.143. The van der Waals surface area contributed by atoms with Crippen molar-refractivity contribution in [3.63, 3.8) is 0 Å². The van der Waals surface area contributed by atoms with E-state index in [9.17, 15) is 9.59 Å². The average molecular weight is 230 g/mol. The molecular weight excluding hydrogens is 224 g/mol. The van der Waals surface area contributed by atoms with Crippen LogP contribution in [-0.2, 0) is 39.4 Å². The van der Waals surface area contributed by atoms with E-state index in [0.29, 0.717) is 0 Å². The Morgan fingerprint density at radius 3 is 1.83 bits per heavy atom. The first-order chi connectivity index (χ1) is 5.25. The number of aliphatic carboxylic acids is 2. The van der Waals surface area contributed by atoms with Crippen LogP contribution >= 0.6 is 0 Å². The molecule has 0 aliphatic carbocycles. The van der Waals surface area contributed by atoms with Crippen molar-refractivity contribution in [3.05, 3.63) is 0 Å². The van der Waals surface area contributed by atoms with E-state index in [-0.39, 0.29) is 0 Å². The summed E-state index contributed by atoms with van der Waals surface area (Å²) >= 11 is 8.62. The van der Waals surface area contributed by atoms with Crippen LogP contribution in [0, 0.1) is 0 Å². The van der Waals surface area contributed by atoms with Gasteiger partial charge in [-0.2, -0.15) is 0 Å². The third-order valence-corrected chi connectivity index (χ3v) is 3.48. The van der Waals surface area contributed by atoms with Crippen molar-refractivity contribution in [1.82, 2.24) is 0 Å². The van der Waals surface area contributed by atoms with Gasteiger partial charge >= 0.3 is 11.9 Å². The Kier molecular flexibility index (Phi) is 3.97. The van der Waals surface area contributed by atoms with Crippen LogP contribution in [0.3, 0.4) is 0 Å². The largest absolute Gasteiger partial charge is 0.481 e. The lowest BCUT2D eigenvalue weighted by atomic mass is 10.3. The minimum atomic E-state index is -3.17. The van der Waals surface area contributed by atoms with E-state index in [4.69, 9.17) is 14.8 Å². The smallest absolute Gasteiger partial charge is 0.320 e. The Bertz CT molecular complexity index is 292. The molecule has 0 rings (SSSR count). The average Bonchev–Trinajstić information content (AvgIpc) is 1.79. The highest BCUT2D eigenvalue weighted by molar-refractivity contribution is 8.54. The maximum Gasteiger partial charge on any atom is 0.320 e. The number of carbonyl (C=O) groups is 2. The monoisotopic (exact) mass is 230 g/mol. The predicted octanol–water partition coefficient (Wildman–Crippen LogP) is -0.535. The van der Waals surface area contributed by atoms with Gasteiger partial charge in [-0.25, -0.2) is 0 Å². The van der Waals surface area contributed by atoms with E-state index < -0.39 is 31.0 Å². The Hall–Kier alpha value is -0.310. The number of carboxylic acid groups (broad SMARTS) is 2. The van der Waals surface area contributed by atoms with Crippen LogP contribution in [0.2, 0.25) is 0 Å². The molecule has 0 radical (unpaired) electrons. The number of hydrogen-bond donors (Lipinski definition) is 3. The van der Waals surface area contributed by atoms with E-state index in [1.807, 2.05) is 0 Å². The zero-order valence-corrected chi connectivity index (χ0v) is 8.12. The molecule has 8 heteroatoms. The van der Waals surface area contributed by atoms with Gasteiger partial charge < -0.3 is 14.8 Å². The van der Waals surface area contributed by atoms with Gasteiger partial charge in [0, 0.05) is 7.43 Å². The summed E-state index contributed by atoms with van der Waals surface area (Å²) in [6.07, 6.45) is -0.742. The maximum absolute atomic E-state index is 10.3. The van der Waals surface area contributed by atoms with Gasteiger partial charge in [0.2, 0.25) is 0 Å². The van der Waals surface area contributed by atoms with Crippen molar-refractivity contribution in [2.75, 3.05) is 0 Å². The van der Waals surface area contributed by atoms with Crippen LogP contribution in [-0.4, -0.2) is 32.0 Å². The summed E-state index contributed by atoms with van der Waals surface area (Å²) in [5.41, 5.74) is 0. The normalized spacial score (nSPS) is 13.8. The molecule has 70 valence electrons. The van der Waals surface area contributed by atoms with Crippen LogP contribution in [0.4, 0.5) is 0 Å². The van der Waals surface area contributed by atoms with Crippen LogP contribution < -0.4 is 0 Å². The van der Waals surface area contributed by atoms with Gasteiger partial charge in [0.05, 0.1) is 6.42 Å². The fourth-order valence-corrected chi connectivity index (χ4v) is 1.99.